The van der Waals surface area contributed by atoms with Crippen LogP contribution in [0.15, 0.2) is 0 Å². The summed E-state index contributed by atoms with van der Waals surface area (Å²) in [5.41, 5.74) is 0.474. The van der Waals surface area contributed by atoms with Gasteiger partial charge in [-0.05, 0) is 26.3 Å². The Labute approximate surface area is 98.4 Å². The topological polar surface area (TPSA) is 66.8 Å². The zero-order valence-corrected chi connectivity index (χ0v) is 10.1. The van der Waals surface area contributed by atoms with Crippen molar-refractivity contribution in [1.29, 1.82) is 0 Å². The maximum Gasteiger partial charge on any atom is 0.342 e. The molecule has 0 aromatic heterocycles. The highest BCUT2D eigenvalue weighted by Gasteiger charge is 2.23. The lowest BCUT2D eigenvalue weighted by Crippen LogP contribution is -2.08. The average Bonchev–Trinajstić information content (AvgIpc) is 2.24. The van der Waals surface area contributed by atoms with Crippen molar-refractivity contribution in [3.05, 3.63) is 21.7 Å². The van der Waals surface area contributed by atoms with Gasteiger partial charge in [0, 0.05) is 5.56 Å². The number of esters is 1. The Morgan fingerprint density at radius 2 is 1.81 bits per heavy atom. The molecular formula is C11H13ClO4. The molecule has 0 saturated heterocycles. The van der Waals surface area contributed by atoms with E-state index in [9.17, 15) is 15.0 Å². The standard InChI is InChI=1S/C11H13ClO4/c1-4-16-11(15)7-5(2)8(12)10(14)6(3)9(7)13/h13-14H,4H2,1-3H3. The number of ether oxygens (including phenoxy) is 1. The van der Waals surface area contributed by atoms with Gasteiger partial charge >= 0.3 is 5.97 Å². The zero-order chi connectivity index (χ0) is 12.5. The molecule has 0 aliphatic carbocycles. The molecule has 0 heterocycles. The van der Waals surface area contributed by atoms with E-state index in [0.29, 0.717) is 5.56 Å². The van der Waals surface area contributed by atoms with Crippen molar-refractivity contribution in [2.45, 2.75) is 20.8 Å². The molecule has 0 bridgehead atoms. The van der Waals surface area contributed by atoms with Gasteiger partial charge in [0.25, 0.3) is 0 Å². The van der Waals surface area contributed by atoms with E-state index < -0.39 is 5.97 Å². The van der Waals surface area contributed by atoms with E-state index in [2.05, 4.69) is 0 Å². The van der Waals surface area contributed by atoms with Crippen molar-refractivity contribution in [2.24, 2.45) is 0 Å². The molecule has 0 aliphatic rings. The number of carbonyl (C=O) groups excluding carboxylic acids is 1. The fraction of sp³-hybridized carbons (Fsp3) is 0.364. The summed E-state index contributed by atoms with van der Waals surface area (Å²) in [6.07, 6.45) is 0. The second kappa shape index (κ2) is 4.61. The summed E-state index contributed by atoms with van der Waals surface area (Å²) < 4.78 is 4.80. The lowest BCUT2D eigenvalue weighted by atomic mass is 10.0. The highest BCUT2D eigenvalue weighted by Crippen LogP contribution is 2.40. The van der Waals surface area contributed by atoms with E-state index in [1.165, 1.54) is 13.8 Å². The average molecular weight is 245 g/mol. The highest BCUT2D eigenvalue weighted by atomic mass is 35.5. The number of phenolic OH excluding ortho intramolecular Hbond substituents is 2. The number of rotatable bonds is 2. The Morgan fingerprint density at radius 1 is 1.25 bits per heavy atom. The molecule has 88 valence electrons. The van der Waals surface area contributed by atoms with Gasteiger partial charge in [-0.1, -0.05) is 11.6 Å². The van der Waals surface area contributed by atoms with Crippen molar-refractivity contribution in [3.63, 3.8) is 0 Å². The normalized spacial score (nSPS) is 10.2. The second-order valence-electron chi connectivity index (χ2n) is 3.36. The van der Waals surface area contributed by atoms with Crippen LogP contribution in [0.2, 0.25) is 5.02 Å². The van der Waals surface area contributed by atoms with E-state index in [0.717, 1.165) is 0 Å². The van der Waals surface area contributed by atoms with Crippen LogP contribution < -0.4 is 0 Å². The minimum Gasteiger partial charge on any atom is -0.507 e. The van der Waals surface area contributed by atoms with Crippen LogP contribution in [-0.2, 0) is 4.74 Å². The van der Waals surface area contributed by atoms with Gasteiger partial charge < -0.3 is 14.9 Å². The van der Waals surface area contributed by atoms with Crippen LogP contribution in [0.1, 0.15) is 28.4 Å². The Hall–Kier alpha value is -1.42. The molecule has 0 fully saturated rings. The van der Waals surface area contributed by atoms with Crippen LogP contribution in [0.4, 0.5) is 0 Å². The molecule has 5 heteroatoms. The number of phenols is 2. The number of benzene rings is 1. The molecule has 0 amide bonds. The quantitative estimate of drug-likeness (QED) is 0.785. The van der Waals surface area contributed by atoms with Crippen LogP contribution in [-0.4, -0.2) is 22.8 Å². The van der Waals surface area contributed by atoms with E-state index in [-0.39, 0.29) is 34.3 Å². The molecule has 1 aromatic rings. The number of hydrogen-bond donors (Lipinski definition) is 2. The highest BCUT2D eigenvalue weighted by molar-refractivity contribution is 6.33. The van der Waals surface area contributed by atoms with Crippen LogP contribution >= 0.6 is 11.6 Å². The Kier molecular flexibility index (Phi) is 3.65. The van der Waals surface area contributed by atoms with Gasteiger partial charge in [-0.2, -0.15) is 0 Å². The molecule has 0 saturated carbocycles. The van der Waals surface area contributed by atoms with Crippen molar-refractivity contribution >= 4 is 17.6 Å². The molecule has 16 heavy (non-hydrogen) atoms. The fourth-order valence-electron chi connectivity index (χ4n) is 1.38. The third-order valence-electron chi connectivity index (χ3n) is 2.34. The summed E-state index contributed by atoms with van der Waals surface area (Å²) in [7, 11) is 0. The van der Waals surface area contributed by atoms with E-state index in [4.69, 9.17) is 16.3 Å². The van der Waals surface area contributed by atoms with Gasteiger partial charge in [-0.25, -0.2) is 4.79 Å². The minimum atomic E-state index is -0.650. The minimum absolute atomic E-state index is 0.00199. The van der Waals surface area contributed by atoms with Crippen molar-refractivity contribution in [1.82, 2.24) is 0 Å². The fourth-order valence-corrected chi connectivity index (χ4v) is 1.62. The first kappa shape index (κ1) is 12.6. The maximum absolute atomic E-state index is 11.6. The van der Waals surface area contributed by atoms with Gasteiger partial charge in [0.2, 0.25) is 0 Å². The molecule has 0 atom stereocenters. The summed E-state index contributed by atoms with van der Waals surface area (Å²) in [5.74, 6) is -1.16. The summed E-state index contributed by atoms with van der Waals surface area (Å²) >= 11 is 5.84. The molecule has 2 N–H and O–H groups in total. The molecule has 1 aromatic carbocycles. The zero-order valence-electron chi connectivity index (χ0n) is 9.30. The van der Waals surface area contributed by atoms with Crippen LogP contribution in [0.3, 0.4) is 0 Å². The van der Waals surface area contributed by atoms with Gasteiger partial charge in [0.05, 0.1) is 11.6 Å². The number of halogens is 1. The van der Waals surface area contributed by atoms with Crippen molar-refractivity contribution in [3.8, 4) is 11.5 Å². The van der Waals surface area contributed by atoms with Crippen LogP contribution in [0.25, 0.3) is 0 Å². The molecule has 0 radical (unpaired) electrons. The predicted molar refractivity (Wildman–Crippen MR) is 60.2 cm³/mol. The van der Waals surface area contributed by atoms with Crippen LogP contribution in [0.5, 0.6) is 11.5 Å². The smallest absolute Gasteiger partial charge is 0.342 e. The molecule has 1 rings (SSSR count). The first-order chi connectivity index (χ1) is 7.41. The summed E-state index contributed by atoms with van der Waals surface area (Å²) in [5, 5.41) is 19.4. The molecular weight excluding hydrogens is 232 g/mol. The number of hydrogen-bond acceptors (Lipinski definition) is 4. The van der Waals surface area contributed by atoms with Gasteiger partial charge in [-0.15, -0.1) is 0 Å². The van der Waals surface area contributed by atoms with E-state index in [1.807, 2.05) is 0 Å². The van der Waals surface area contributed by atoms with E-state index in [1.54, 1.807) is 6.92 Å². The number of aromatic hydroxyl groups is 2. The third kappa shape index (κ3) is 1.93. The molecule has 0 spiro atoms. The first-order valence-corrected chi connectivity index (χ1v) is 5.17. The SMILES string of the molecule is CCOC(=O)c1c(C)c(Cl)c(O)c(C)c1O. The molecule has 4 nitrogen and oxygen atoms in total. The summed E-state index contributed by atoms with van der Waals surface area (Å²) in [6.45, 7) is 4.88. The third-order valence-corrected chi connectivity index (χ3v) is 2.80. The van der Waals surface area contributed by atoms with Crippen molar-refractivity contribution in [2.75, 3.05) is 6.61 Å². The van der Waals surface area contributed by atoms with E-state index >= 15 is 0 Å². The second-order valence-corrected chi connectivity index (χ2v) is 3.73. The van der Waals surface area contributed by atoms with Gasteiger partial charge in [0.15, 0.2) is 0 Å². The van der Waals surface area contributed by atoms with Gasteiger partial charge in [-0.3, -0.25) is 0 Å². The maximum atomic E-state index is 11.6. The first-order valence-electron chi connectivity index (χ1n) is 4.79. The number of carbonyl (C=O) groups is 1. The lowest BCUT2D eigenvalue weighted by molar-refractivity contribution is 0.0522. The monoisotopic (exact) mass is 244 g/mol. The van der Waals surface area contributed by atoms with Gasteiger partial charge in [0.1, 0.15) is 17.1 Å². The Balaban J connectivity index is 3.45. The summed E-state index contributed by atoms with van der Waals surface area (Å²) in [4.78, 5) is 11.6. The molecule has 0 unspecified atom stereocenters. The Bertz CT molecular complexity index is 411. The predicted octanol–water partition coefficient (Wildman–Crippen LogP) is 2.54. The largest absolute Gasteiger partial charge is 0.507 e. The van der Waals surface area contributed by atoms with Crippen molar-refractivity contribution < 1.29 is 19.7 Å². The van der Waals surface area contributed by atoms with Crippen LogP contribution in [0, 0.1) is 13.8 Å². The Morgan fingerprint density at radius 3 is 2.31 bits per heavy atom. The molecule has 0 aliphatic heterocycles. The summed E-state index contributed by atoms with van der Waals surface area (Å²) in [6, 6.07) is 0. The lowest BCUT2D eigenvalue weighted by Gasteiger charge is -2.13.